The second-order valence-corrected chi connectivity index (χ2v) is 3.83. The van der Waals surface area contributed by atoms with Gasteiger partial charge in [0.05, 0.1) is 5.92 Å². The predicted molar refractivity (Wildman–Crippen MR) is 57.0 cm³/mol. The molecular weight excluding hydrogens is 211 g/mol. The summed E-state index contributed by atoms with van der Waals surface area (Å²) in [5, 5.41) is 9.49. The maximum Gasteiger partial charge on any atom is 0.310 e. The number of aryl methyl sites for hydroxylation is 1. The van der Waals surface area contributed by atoms with Crippen LogP contribution >= 0.6 is 0 Å². The van der Waals surface area contributed by atoms with Crippen molar-refractivity contribution in [3.63, 3.8) is 0 Å². The Morgan fingerprint density at radius 1 is 1.44 bits per heavy atom. The van der Waals surface area contributed by atoms with Crippen LogP contribution in [0.25, 0.3) is 11.0 Å². The number of rotatable bonds is 2. The molecule has 2 aromatic rings. The van der Waals surface area contributed by atoms with E-state index in [1.807, 2.05) is 0 Å². The Morgan fingerprint density at radius 2 is 2.12 bits per heavy atom. The molecule has 0 aliphatic rings. The van der Waals surface area contributed by atoms with Gasteiger partial charge in [-0.3, -0.25) is 4.79 Å². The molecule has 0 aliphatic heterocycles. The van der Waals surface area contributed by atoms with Crippen molar-refractivity contribution in [1.29, 1.82) is 0 Å². The zero-order valence-electron chi connectivity index (χ0n) is 8.95. The first-order valence-corrected chi connectivity index (χ1v) is 4.91. The number of furan rings is 1. The van der Waals surface area contributed by atoms with Gasteiger partial charge in [-0.1, -0.05) is 0 Å². The first-order chi connectivity index (χ1) is 7.49. The van der Waals surface area contributed by atoms with E-state index in [4.69, 9.17) is 9.52 Å². The molecule has 0 saturated carbocycles. The first-order valence-electron chi connectivity index (χ1n) is 4.91. The van der Waals surface area contributed by atoms with Gasteiger partial charge in [0, 0.05) is 10.9 Å². The lowest BCUT2D eigenvalue weighted by Gasteiger charge is -2.07. The number of benzene rings is 1. The van der Waals surface area contributed by atoms with E-state index >= 15 is 0 Å². The molecule has 4 heteroatoms. The second-order valence-electron chi connectivity index (χ2n) is 3.83. The third-order valence-corrected chi connectivity index (χ3v) is 2.60. The van der Waals surface area contributed by atoms with Crippen molar-refractivity contribution in [3.8, 4) is 0 Å². The quantitative estimate of drug-likeness (QED) is 0.849. The van der Waals surface area contributed by atoms with Crippen LogP contribution in [0.15, 0.2) is 22.6 Å². The summed E-state index contributed by atoms with van der Waals surface area (Å²) in [6.07, 6.45) is 0. The molecular formula is C12H11FO3. The highest BCUT2D eigenvalue weighted by Crippen LogP contribution is 2.27. The van der Waals surface area contributed by atoms with Crippen LogP contribution in [0.1, 0.15) is 24.2 Å². The van der Waals surface area contributed by atoms with E-state index in [9.17, 15) is 9.18 Å². The van der Waals surface area contributed by atoms with Gasteiger partial charge in [0.25, 0.3) is 0 Å². The molecule has 1 atom stereocenters. The number of aliphatic carboxylic acids is 1. The molecule has 3 nitrogen and oxygen atoms in total. The molecule has 0 spiro atoms. The summed E-state index contributed by atoms with van der Waals surface area (Å²) < 4.78 is 19.0. The minimum absolute atomic E-state index is 0.148. The van der Waals surface area contributed by atoms with E-state index in [0.717, 1.165) is 0 Å². The Morgan fingerprint density at radius 3 is 2.75 bits per heavy atom. The third-order valence-electron chi connectivity index (χ3n) is 2.60. The Labute approximate surface area is 91.5 Å². The zero-order valence-corrected chi connectivity index (χ0v) is 8.95. The summed E-state index contributed by atoms with van der Waals surface area (Å²) in [7, 11) is 0. The van der Waals surface area contributed by atoms with Crippen molar-refractivity contribution in [3.05, 3.63) is 35.3 Å². The van der Waals surface area contributed by atoms with Crippen LogP contribution in [-0.4, -0.2) is 11.1 Å². The summed E-state index contributed by atoms with van der Waals surface area (Å²) in [6, 6.07) is 4.48. The molecule has 1 aromatic carbocycles. The number of hydrogen-bond donors (Lipinski definition) is 1. The van der Waals surface area contributed by atoms with E-state index in [0.29, 0.717) is 16.7 Å². The summed E-state index contributed by atoms with van der Waals surface area (Å²) in [6.45, 7) is 3.21. The SMILES string of the molecule is Cc1cc2cc(F)c(C(C)C(=O)O)cc2o1. The maximum atomic E-state index is 13.6. The molecule has 0 bridgehead atoms. The van der Waals surface area contributed by atoms with Crippen molar-refractivity contribution < 1.29 is 18.7 Å². The number of fused-ring (bicyclic) bond motifs is 1. The fourth-order valence-corrected chi connectivity index (χ4v) is 1.67. The molecule has 1 N–H and O–H groups in total. The van der Waals surface area contributed by atoms with Crippen molar-refractivity contribution in [2.45, 2.75) is 19.8 Å². The molecule has 0 fully saturated rings. The van der Waals surface area contributed by atoms with Gasteiger partial charge in [0.2, 0.25) is 0 Å². The maximum absolute atomic E-state index is 13.6. The number of carbonyl (C=O) groups is 1. The molecule has 0 saturated heterocycles. The molecule has 1 heterocycles. The monoisotopic (exact) mass is 222 g/mol. The molecule has 0 amide bonds. The van der Waals surface area contributed by atoms with E-state index in [-0.39, 0.29) is 5.56 Å². The average Bonchev–Trinajstić information content (AvgIpc) is 2.54. The summed E-state index contributed by atoms with van der Waals surface area (Å²) >= 11 is 0. The van der Waals surface area contributed by atoms with Crippen molar-refractivity contribution in [2.75, 3.05) is 0 Å². The Kier molecular flexibility index (Phi) is 2.42. The minimum atomic E-state index is -1.05. The number of carboxylic acid groups (broad SMARTS) is 1. The lowest BCUT2D eigenvalue weighted by Crippen LogP contribution is -2.09. The first kappa shape index (κ1) is 10.7. The van der Waals surface area contributed by atoms with Gasteiger partial charge in [-0.15, -0.1) is 0 Å². The van der Waals surface area contributed by atoms with Gasteiger partial charge >= 0.3 is 5.97 Å². The number of carboxylic acids is 1. The molecule has 1 unspecified atom stereocenters. The highest BCUT2D eigenvalue weighted by atomic mass is 19.1. The van der Waals surface area contributed by atoms with Crippen LogP contribution in [-0.2, 0) is 4.79 Å². The second kappa shape index (κ2) is 3.63. The topological polar surface area (TPSA) is 50.4 Å². The number of halogens is 1. The summed E-state index contributed by atoms with van der Waals surface area (Å²) in [5.41, 5.74) is 0.663. The van der Waals surface area contributed by atoms with Crippen molar-refractivity contribution in [1.82, 2.24) is 0 Å². The predicted octanol–water partition coefficient (Wildman–Crippen LogP) is 3.07. The Bertz CT molecular complexity index is 557. The largest absolute Gasteiger partial charge is 0.481 e. The normalized spacial score (nSPS) is 12.9. The van der Waals surface area contributed by atoms with Crippen molar-refractivity contribution in [2.24, 2.45) is 0 Å². The Hall–Kier alpha value is -1.84. The average molecular weight is 222 g/mol. The lowest BCUT2D eigenvalue weighted by atomic mass is 10.00. The van der Waals surface area contributed by atoms with Crippen LogP contribution in [0.2, 0.25) is 0 Å². The van der Waals surface area contributed by atoms with E-state index in [2.05, 4.69) is 0 Å². The van der Waals surface area contributed by atoms with Gasteiger partial charge in [0.1, 0.15) is 17.2 Å². The third kappa shape index (κ3) is 1.66. The molecule has 2 rings (SSSR count). The van der Waals surface area contributed by atoms with Crippen LogP contribution in [0.5, 0.6) is 0 Å². The highest BCUT2D eigenvalue weighted by molar-refractivity contribution is 5.82. The lowest BCUT2D eigenvalue weighted by molar-refractivity contribution is -0.138. The fourth-order valence-electron chi connectivity index (χ4n) is 1.67. The fraction of sp³-hybridized carbons (Fsp3) is 0.250. The van der Waals surface area contributed by atoms with Gasteiger partial charge in [-0.2, -0.15) is 0 Å². The van der Waals surface area contributed by atoms with Crippen molar-refractivity contribution >= 4 is 16.9 Å². The summed E-state index contributed by atoms with van der Waals surface area (Å²) in [4.78, 5) is 10.8. The smallest absolute Gasteiger partial charge is 0.310 e. The Balaban J connectivity index is 2.61. The van der Waals surface area contributed by atoms with E-state index in [1.165, 1.54) is 19.1 Å². The van der Waals surface area contributed by atoms with E-state index < -0.39 is 17.7 Å². The molecule has 84 valence electrons. The van der Waals surface area contributed by atoms with Crippen LogP contribution < -0.4 is 0 Å². The van der Waals surface area contributed by atoms with Crippen LogP contribution in [0.3, 0.4) is 0 Å². The highest BCUT2D eigenvalue weighted by Gasteiger charge is 2.19. The minimum Gasteiger partial charge on any atom is -0.481 e. The standard InChI is InChI=1S/C12H11FO3/c1-6-3-8-4-10(13)9(5-11(8)16-6)7(2)12(14)15/h3-5,7H,1-2H3,(H,14,15). The molecule has 0 radical (unpaired) electrons. The van der Waals surface area contributed by atoms with Gasteiger partial charge in [-0.25, -0.2) is 4.39 Å². The number of hydrogen-bond acceptors (Lipinski definition) is 2. The molecule has 16 heavy (non-hydrogen) atoms. The van der Waals surface area contributed by atoms with Crippen LogP contribution in [0, 0.1) is 12.7 Å². The van der Waals surface area contributed by atoms with Gasteiger partial charge in [0.15, 0.2) is 0 Å². The van der Waals surface area contributed by atoms with E-state index in [1.54, 1.807) is 13.0 Å². The summed E-state index contributed by atoms with van der Waals surface area (Å²) in [5.74, 6) is -1.77. The van der Waals surface area contributed by atoms with Gasteiger partial charge in [-0.05, 0) is 32.0 Å². The van der Waals surface area contributed by atoms with Gasteiger partial charge < -0.3 is 9.52 Å². The molecule has 0 aliphatic carbocycles. The molecule has 1 aromatic heterocycles. The van der Waals surface area contributed by atoms with Crippen LogP contribution in [0.4, 0.5) is 4.39 Å². The zero-order chi connectivity index (χ0) is 11.9.